The van der Waals surface area contributed by atoms with Crippen LogP contribution in [-0.4, -0.2) is 28.1 Å². The average Bonchev–Trinajstić information content (AvgIpc) is 2.62. The molecule has 2 rings (SSSR count). The van der Waals surface area contributed by atoms with Crippen LogP contribution >= 0.6 is 0 Å². The predicted octanol–water partition coefficient (Wildman–Crippen LogP) is 3.35. The first-order chi connectivity index (χ1) is 12.4. The Morgan fingerprint density at radius 1 is 1.12 bits per heavy atom. The van der Waals surface area contributed by atoms with Gasteiger partial charge in [-0.25, -0.2) is 8.42 Å². The molecule has 0 amide bonds. The Bertz CT molecular complexity index is 873. The summed E-state index contributed by atoms with van der Waals surface area (Å²) >= 11 is 0. The Kier molecular flexibility index (Phi) is 6.80. The lowest BCUT2D eigenvalue weighted by Crippen LogP contribution is -2.12. The lowest BCUT2D eigenvalue weighted by atomic mass is 10.2. The molecule has 0 heterocycles. The molecule has 0 unspecified atom stereocenters. The molecule has 2 aromatic carbocycles. The van der Waals surface area contributed by atoms with Gasteiger partial charge in [-0.2, -0.15) is 0 Å². The third-order valence-electron chi connectivity index (χ3n) is 3.45. The molecule has 0 saturated heterocycles. The number of carbonyl (C=O) groups excluding carboxylic acids is 1. The molecule has 0 aliphatic heterocycles. The first kappa shape index (κ1) is 19.5. The van der Waals surface area contributed by atoms with E-state index in [1.54, 1.807) is 24.3 Å². The van der Waals surface area contributed by atoms with Gasteiger partial charge in [-0.05, 0) is 30.7 Å². The zero-order valence-electron chi connectivity index (χ0n) is 14.6. The number of rotatable bonds is 8. The van der Waals surface area contributed by atoms with Crippen LogP contribution in [-0.2, 0) is 19.6 Å². The highest BCUT2D eigenvalue weighted by atomic mass is 32.2. The maximum Gasteiger partial charge on any atom is 0.308 e. The third kappa shape index (κ3) is 6.25. The van der Waals surface area contributed by atoms with Crippen LogP contribution < -0.4 is 9.46 Å². The topological polar surface area (TPSA) is 81.7 Å². The second-order valence-corrected chi connectivity index (χ2v) is 7.10. The van der Waals surface area contributed by atoms with E-state index in [1.807, 2.05) is 31.2 Å². The molecular weight excluding hydrogens is 354 g/mol. The number of nitrogens with one attached hydrogen (secondary N) is 1. The van der Waals surface area contributed by atoms with Crippen molar-refractivity contribution in [1.29, 1.82) is 0 Å². The Morgan fingerprint density at radius 2 is 1.81 bits per heavy atom. The molecule has 0 aromatic heterocycles. The molecule has 6 nitrogen and oxygen atoms in total. The van der Waals surface area contributed by atoms with Crippen LogP contribution in [0.5, 0.6) is 5.75 Å². The number of benzene rings is 2. The van der Waals surface area contributed by atoms with Gasteiger partial charge in [0.25, 0.3) is 10.0 Å². The molecule has 0 fully saturated rings. The quantitative estimate of drug-likeness (QED) is 0.716. The van der Waals surface area contributed by atoms with E-state index in [2.05, 4.69) is 9.46 Å². The fraction of sp³-hybridized carbons (Fsp3) is 0.211. The van der Waals surface area contributed by atoms with Crippen LogP contribution in [0, 0.1) is 6.92 Å². The van der Waals surface area contributed by atoms with Crippen molar-refractivity contribution in [2.24, 2.45) is 0 Å². The molecule has 0 atom stereocenters. The van der Waals surface area contributed by atoms with Crippen LogP contribution in [0.4, 0.5) is 5.69 Å². The minimum absolute atomic E-state index is 0.0743. The summed E-state index contributed by atoms with van der Waals surface area (Å²) in [5, 5.41) is 1.10. The van der Waals surface area contributed by atoms with Gasteiger partial charge >= 0.3 is 5.97 Å². The lowest BCUT2D eigenvalue weighted by Gasteiger charge is -2.12. The number of sulfonamides is 1. The minimum atomic E-state index is -3.71. The first-order valence-corrected chi connectivity index (χ1v) is 9.50. The molecule has 0 aliphatic carbocycles. The highest BCUT2D eigenvalue weighted by Gasteiger charge is 2.11. The molecule has 26 heavy (non-hydrogen) atoms. The van der Waals surface area contributed by atoms with Crippen LogP contribution in [0.1, 0.15) is 17.5 Å². The number of hydrogen-bond donors (Lipinski definition) is 1. The van der Waals surface area contributed by atoms with Crippen LogP contribution in [0.2, 0.25) is 0 Å². The molecule has 0 aliphatic rings. The van der Waals surface area contributed by atoms with Gasteiger partial charge < -0.3 is 9.47 Å². The number of carbonyl (C=O) groups is 1. The molecule has 0 spiro atoms. The maximum absolute atomic E-state index is 12.3. The van der Waals surface area contributed by atoms with E-state index in [-0.39, 0.29) is 13.0 Å². The van der Waals surface area contributed by atoms with Crippen LogP contribution in [0.15, 0.2) is 53.9 Å². The van der Waals surface area contributed by atoms with Crippen molar-refractivity contribution in [3.8, 4) is 5.75 Å². The SMILES string of the molecule is COC(=O)CCOc1ccccc1NS(=O)(=O)C=Cc1ccc(C)cc1. The molecule has 7 heteroatoms. The van der Waals surface area contributed by atoms with E-state index < -0.39 is 16.0 Å². The fourth-order valence-corrected chi connectivity index (χ4v) is 2.94. The Hall–Kier alpha value is -2.80. The minimum Gasteiger partial charge on any atom is -0.491 e. The number of esters is 1. The third-order valence-corrected chi connectivity index (χ3v) is 4.45. The number of hydrogen-bond acceptors (Lipinski definition) is 5. The smallest absolute Gasteiger partial charge is 0.308 e. The van der Waals surface area contributed by atoms with Gasteiger partial charge in [0, 0.05) is 0 Å². The molecule has 0 saturated carbocycles. The van der Waals surface area contributed by atoms with Crippen molar-refractivity contribution in [2.75, 3.05) is 18.4 Å². The van der Waals surface area contributed by atoms with Gasteiger partial charge in [0.15, 0.2) is 0 Å². The largest absolute Gasteiger partial charge is 0.491 e. The summed E-state index contributed by atoms with van der Waals surface area (Å²) in [6, 6.07) is 14.1. The molecule has 0 bridgehead atoms. The molecule has 138 valence electrons. The summed E-state index contributed by atoms with van der Waals surface area (Å²) in [5.74, 6) is -0.0622. The summed E-state index contributed by atoms with van der Waals surface area (Å²) in [5.41, 5.74) is 2.18. The van der Waals surface area contributed by atoms with E-state index in [0.717, 1.165) is 16.5 Å². The second kappa shape index (κ2) is 9.05. The summed E-state index contributed by atoms with van der Waals surface area (Å²) in [6.45, 7) is 2.05. The number of aryl methyl sites for hydroxylation is 1. The van der Waals surface area contributed by atoms with Crippen molar-refractivity contribution in [2.45, 2.75) is 13.3 Å². The standard InChI is InChI=1S/C19H21NO5S/c1-15-7-9-16(10-8-15)12-14-26(22,23)20-17-5-3-4-6-18(17)25-13-11-19(21)24-2/h3-10,12,14,20H,11,13H2,1-2H3. The van der Waals surface area contributed by atoms with E-state index in [0.29, 0.717) is 11.4 Å². The zero-order valence-corrected chi connectivity index (χ0v) is 15.5. The average molecular weight is 375 g/mol. The Morgan fingerprint density at radius 3 is 2.50 bits per heavy atom. The summed E-state index contributed by atoms with van der Waals surface area (Å²) in [4.78, 5) is 11.1. The Labute approximate surface area is 153 Å². The number of methoxy groups -OCH3 is 1. The van der Waals surface area contributed by atoms with Gasteiger partial charge in [-0.3, -0.25) is 9.52 Å². The summed E-state index contributed by atoms with van der Waals surface area (Å²) in [6.07, 6.45) is 1.59. The van der Waals surface area contributed by atoms with Gasteiger partial charge in [0.1, 0.15) is 5.75 Å². The van der Waals surface area contributed by atoms with E-state index in [9.17, 15) is 13.2 Å². The Balaban J connectivity index is 2.06. The number of para-hydroxylation sites is 2. The molecular formula is C19H21NO5S. The van der Waals surface area contributed by atoms with Crippen LogP contribution in [0.3, 0.4) is 0 Å². The molecule has 2 aromatic rings. The van der Waals surface area contributed by atoms with Crippen molar-refractivity contribution in [1.82, 2.24) is 0 Å². The fourth-order valence-electron chi connectivity index (χ4n) is 2.06. The molecule has 1 N–H and O–H groups in total. The van der Waals surface area contributed by atoms with Gasteiger partial charge in [0.2, 0.25) is 0 Å². The highest BCUT2D eigenvalue weighted by molar-refractivity contribution is 7.95. The lowest BCUT2D eigenvalue weighted by molar-refractivity contribution is -0.141. The predicted molar refractivity (Wildman–Crippen MR) is 101 cm³/mol. The van der Waals surface area contributed by atoms with Gasteiger partial charge in [0.05, 0.1) is 31.2 Å². The summed E-state index contributed by atoms with van der Waals surface area (Å²) < 4.78 is 37.1. The van der Waals surface area contributed by atoms with E-state index in [4.69, 9.17) is 4.74 Å². The first-order valence-electron chi connectivity index (χ1n) is 7.96. The van der Waals surface area contributed by atoms with Gasteiger partial charge in [-0.15, -0.1) is 0 Å². The monoisotopic (exact) mass is 375 g/mol. The van der Waals surface area contributed by atoms with E-state index in [1.165, 1.54) is 13.2 Å². The van der Waals surface area contributed by atoms with Crippen molar-refractivity contribution < 1.29 is 22.7 Å². The number of ether oxygens (including phenoxy) is 2. The highest BCUT2D eigenvalue weighted by Crippen LogP contribution is 2.25. The van der Waals surface area contributed by atoms with Crippen molar-refractivity contribution in [3.63, 3.8) is 0 Å². The zero-order chi connectivity index (χ0) is 19.0. The second-order valence-electron chi connectivity index (χ2n) is 5.53. The van der Waals surface area contributed by atoms with Crippen molar-refractivity contribution >= 4 is 27.8 Å². The molecule has 0 radical (unpaired) electrons. The van der Waals surface area contributed by atoms with E-state index >= 15 is 0 Å². The maximum atomic E-state index is 12.3. The van der Waals surface area contributed by atoms with Crippen molar-refractivity contribution in [3.05, 3.63) is 65.1 Å². The number of anilines is 1. The normalized spacial score (nSPS) is 11.3. The summed E-state index contributed by atoms with van der Waals surface area (Å²) in [7, 11) is -2.42. The van der Waals surface area contributed by atoms with Gasteiger partial charge in [-0.1, -0.05) is 42.0 Å². The van der Waals surface area contributed by atoms with Crippen LogP contribution in [0.25, 0.3) is 6.08 Å².